The van der Waals surface area contributed by atoms with E-state index in [0.717, 1.165) is 24.1 Å². The number of hydrogen-bond acceptors (Lipinski definition) is 5. The van der Waals surface area contributed by atoms with E-state index in [2.05, 4.69) is 44.7 Å². The number of benzene rings is 1. The molecule has 2 N–H and O–H groups in total. The van der Waals surface area contributed by atoms with Gasteiger partial charge in [0, 0.05) is 13.0 Å². The molecule has 4 aromatic rings. The van der Waals surface area contributed by atoms with Crippen molar-refractivity contribution in [3.63, 3.8) is 0 Å². The molecule has 8 heteroatoms. The summed E-state index contributed by atoms with van der Waals surface area (Å²) in [7, 11) is 0. The van der Waals surface area contributed by atoms with Crippen LogP contribution in [0.3, 0.4) is 0 Å². The van der Waals surface area contributed by atoms with Gasteiger partial charge in [0.05, 0.1) is 30.3 Å². The molecule has 3 aromatic heterocycles. The van der Waals surface area contributed by atoms with Crippen molar-refractivity contribution >= 4 is 5.91 Å². The average molecular weight is 404 g/mol. The van der Waals surface area contributed by atoms with E-state index >= 15 is 0 Å². The Balaban J connectivity index is 1.38. The maximum absolute atomic E-state index is 12.8. The number of H-pyrrole nitrogens is 1. The zero-order chi connectivity index (χ0) is 20.8. The van der Waals surface area contributed by atoms with Gasteiger partial charge in [-0.05, 0) is 24.1 Å². The van der Waals surface area contributed by atoms with E-state index in [1.165, 1.54) is 0 Å². The largest absolute Gasteiger partial charge is 0.461 e. The van der Waals surface area contributed by atoms with Crippen molar-refractivity contribution in [2.75, 3.05) is 6.54 Å². The maximum atomic E-state index is 12.8. The lowest BCUT2D eigenvalue weighted by Crippen LogP contribution is -2.27. The van der Waals surface area contributed by atoms with Crippen LogP contribution in [-0.4, -0.2) is 37.4 Å². The molecule has 0 aliphatic carbocycles. The predicted molar refractivity (Wildman–Crippen MR) is 112 cm³/mol. The van der Waals surface area contributed by atoms with E-state index in [-0.39, 0.29) is 5.91 Å². The van der Waals surface area contributed by atoms with Crippen molar-refractivity contribution in [2.45, 2.75) is 32.7 Å². The van der Waals surface area contributed by atoms with Crippen molar-refractivity contribution in [3.8, 4) is 11.6 Å². The molecular weight excluding hydrogens is 380 g/mol. The van der Waals surface area contributed by atoms with Gasteiger partial charge in [0.2, 0.25) is 5.82 Å². The normalized spacial score (nSPS) is 11.0. The number of aromatic amines is 1. The molecule has 0 saturated carbocycles. The molecule has 3 heterocycles. The van der Waals surface area contributed by atoms with Gasteiger partial charge in [-0.15, -0.1) is 0 Å². The summed E-state index contributed by atoms with van der Waals surface area (Å²) < 4.78 is 7.21. The Morgan fingerprint density at radius 3 is 2.80 bits per heavy atom. The molecule has 8 nitrogen and oxygen atoms in total. The molecule has 0 radical (unpaired) electrons. The number of carbonyl (C=O) groups is 1. The van der Waals surface area contributed by atoms with E-state index in [1.54, 1.807) is 24.6 Å². The van der Waals surface area contributed by atoms with Gasteiger partial charge in [-0.1, -0.05) is 43.7 Å². The Morgan fingerprint density at radius 2 is 2.03 bits per heavy atom. The highest BCUT2D eigenvalue weighted by atomic mass is 16.3. The number of nitrogens with zero attached hydrogens (tertiary/aromatic N) is 4. The van der Waals surface area contributed by atoms with Crippen LogP contribution in [0, 0.1) is 0 Å². The van der Waals surface area contributed by atoms with Gasteiger partial charge < -0.3 is 9.73 Å². The summed E-state index contributed by atoms with van der Waals surface area (Å²) in [6.07, 6.45) is 5.52. The van der Waals surface area contributed by atoms with Gasteiger partial charge in [-0.3, -0.25) is 14.6 Å². The van der Waals surface area contributed by atoms with Crippen LogP contribution in [0.5, 0.6) is 0 Å². The van der Waals surface area contributed by atoms with Gasteiger partial charge in [0.1, 0.15) is 5.82 Å². The smallest absolute Gasteiger partial charge is 0.254 e. The number of aromatic nitrogens is 5. The number of furan rings is 1. The Hall–Kier alpha value is -3.68. The first-order valence-corrected chi connectivity index (χ1v) is 10.1. The second-order valence-corrected chi connectivity index (χ2v) is 6.99. The Bertz CT molecular complexity index is 1080. The summed E-state index contributed by atoms with van der Waals surface area (Å²) in [4.78, 5) is 17.2. The Kier molecular flexibility index (Phi) is 6.03. The molecule has 30 heavy (non-hydrogen) atoms. The van der Waals surface area contributed by atoms with E-state index in [0.29, 0.717) is 42.5 Å². The minimum Gasteiger partial charge on any atom is -0.461 e. The predicted octanol–water partition coefficient (Wildman–Crippen LogP) is 3.23. The summed E-state index contributed by atoms with van der Waals surface area (Å²) in [5, 5.41) is 14.5. The lowest BCUT2D eigenvalue weighted by atomic mass is 10.1. The highest BCUT2D eigenvalue weighted by Gasteiger charge is 2.17. The van der Waals surface area contributed by atoms with Gasteiger partial charge in [0.25, 0.3) is 5.91 Å². The van der Waals surface area contributed by atoms with Crippen LogP contribution >= 0.6 is 0 Å². The lowest BCUT2D eigenvalue weighted by molar-refractivity contribution is 0.0953. The fourth-order valence-corrected chi connectivity index (χ4v) is 3.31. The highest BCUT2D eigenvalue weighted by molar-refractivity contribution is 5.95. The van der Waals surface area contributed by atoms with E-state index in [4.69, 9.17) is 4.42 Å². The first kappa shape index (κ1) is 19.6. The molecule has 0 fully saturated rings. The number of rotatable bonds is 9. The molecule has 0 atom stereocenters. The zero-order valence-corrected chi connectivity index (χ0v) is 16.8. The minimum atomic E-state index is -0.122. The fourth-order valence-electron chi connectivity index (χ4n) is 3.31. The standard InChI is InChI=1S/C22H24N6O2/c1-2-7-18-17(14-24-28(18)15-16-8-4-3-5-9-16)22(29)23-12-11-20-25-21(27-26-20)19-10-6-13-30-19/h3-6,8-10,13-14H,2,7,11-12,15H2,1H3,(H,23,29)(H,25,26,27). The van der Waals surface area contributed by atoms with Crippen molar-refractivity contribution in [3.05, 3.63) is 77.6 Å². The van der Waals surface area contributed by atoms with Crippen LogP contribution in [-0.2, 0) is 19.4 Å². The molecule has 1 amide bonds. The first-order chi connectivity index (χ1) is 14.7. The second-order valence-electron chi connectivity index (χ2n) is 6.99. The zero-order valence-electron chi connectivity index (χ0n) is 16.8. The molecule has 0 aliphatic rings. The van der Waals surface area contributed by atoms with Crippen molar-refractivity contribution in [2.24, 2.45) is 0 Å². The van der Waals surface area contributed by atoms with Crippen molar-refractivity contribution in [1.82, 2.24) is 30.3 Å². The van der Waals surface area contributed by atoms with Crippen LogP contribution in [0.4, 0.5) is 0 Å². The topological polar surface area (TPSA) is 102 Å². The molecule has 1 aromatic carbocycles. The van der Waals surface area contributed by atoms with E-state index in [9.17, 15) is 4.79 Å². The Labute approximate surface area is 174 Å². The summed E-state index contributed by atoms with van der Waals surface area (Å²) in [6.45, 7) is 3.19. The number of nitrogens with one attached hydrogen (secondary N) is 2. The third-order valence-electron chi connectivity index (χ3n) is 4.78. The second kappa shape index (κ2) is 9.21. The van der Waals surface area contributed by atoms with Gasteiger partial charge in [0.15, 0.2) is 5.76 Å². The third kappa shape index (κ3) is 4.48. The quantitative estimate of drug-likeness (QED) is 0.446. The lowest BCUT2D eigenvalue weighted by Gasteiger charge is -2.09. The van der Waals surface area contributed by atoms with Gasteiger partial charge >= 0.3 is 0 Å². The fraction of sp³-hybridized carbons (Fsp3) is 0.273. The molecule has 4 rings (SSSR count). The van der Waals surface area contributed by atoms with Crippen LogP contribution in [0.1, 0.15) is 40.8 Å². The highest BCUT2D eigenvalue weighted by Crippen LogP contribution is 2.15. The van der Waals surface area contributed by atoms with E-state index < -0.39 is 0 Å². The van der Waals surface area contributed by atoms with Crippen molar-refractivity contribution in [1.29, 1.82) is 0 Å². The molecule has 0 bridgehead atoms. The number of carbonyl (C=O) groups excluding carboxylic acids is 1. The van der Waals surface area contributed by atoms with Gasteiger partial charge in [-0.2, -0.15) is 10.2 Å². The first-order valence-electron chi connectivity index (χ1n) is 10.1. The average Bonchev–Trinajstić information content (AvgIpc) is 3.51. The monoisotopic (exact) mass is 404 g/mol. The van der Waals surface area contributed by atoms with E-state index in [1.807, 2.05) is 22.9 Å². The number of amides is 1. The third-order valence-corrected chi connectivity index (χ3v) is 4.78. The molecule has 154 valence electrons. The number of hydrogen-bond donors (Lipinski definition) is 2. The van der Waals surface area contributed by atoms with Gasteiger partial charge in [-0.25, -0.2) is 4.98 Å². The summed E-state index contributed by atoms with van der Waals surface area (Å²) >= 11 is 0. The molecular formula is C22H24N6O2. The SMILES string of the molecule is CCCc1c(C(=O)NCCc2nc(-c3ccco3)n[nH]2)cnn1Cc1ccccc1. The summed E-state index contributed by atoms with van der Waals surface area (Å²) in [6, 6.07) is 13.7. The molecule has 0 saturated heterocycles. The minimum absolute atomic E-state index is 0.122. The summed E-state index contributed by atoms with van der Waals surface area (Å²) in [5.41, 5.74) is 2.74. The summed E-state index contributed by atoms with van der Waals surface area (Å²) in [5.74, 6) is 1.68. The molecule has 0 spiro atoms. The van der Waals surface area contributed by atoms with Crippen LogP contribution in [0.2, 0.25) is 0 Å². The van der Waals surface area contributed by atoms with Crippen LogP contribution in [0.15, 0.2) is 59.3 Å². The maximum Gasteiger partial charge on any atom is 0.254 e. The van der Waals surface area contributed by atoms with Crippen molar-refractivity contribution < 1.29 is 9.21 Å². The molecule has 0 unspecified atom stereocenters. The van der Waals surface area contributed by atoms with Crippen LogP contribution < -0.4 is 5.32 Å². The molecule has 0 aliphatic heterocycles. The Morgan fingerprint density at radius 1 is 1.17 bits per heavy atom. The van der Waals surface area contributed by atoms with Crippen LogP contribution in [0.25, 0.3) is 11.6 Å².